The Hall–Kier alpha value is -1.91. The van der Waals surface area contributed by atoms with Crippen molar-refractivity contribution in [3.8, 4) is 0 Å². The minimum Gasteiger partial charge on any atom is -0.397 e. The molecule has 0 unspecified atom stereocenters. The van der Waals surface area contributed by atoms with Gasteiger partial charge in [0.05, 0.1) is 22.4 Å². The van der Waals surface area contributed by atoms with E-state index in [1.807, 2.05) is 0 Å². The number of H-pyrrole nitrogens is 1. The Kier molecular flexibility index (Phi) is 1.36. The van der Waals surface area contributed by atoms with E-state index >= 15 is 0 Å². The van der Waals surface area contributed by atoms with Crippen LogP contribution in [0.1, 0.15) is 0 Å². The first kappa shape index (κ1) is 7.72. The summed E-state index contributed by atoms with van der Waals surface area (Å²) in [5.74, 6) is 0. The van der Waals surface area contributed by atoms with Crippen LogP contribution in [0.25, 0.3) is 11.0 Å². The zero-order valence-electron chi connectivity index (χ0n) is 7.16. The molecule has 0 aliphatic carbocycles. The Bertz CT molecular complexity index is 523. The van der Waals surface area contributed by atoms with E-state index in [9.17, 15) is 4.79 Å². The van der Waals surface area contributed by atoms with Gasteiger partial charge in [-0.25, -0.2) is 4.79 Å². The minimum absolute atomic E-state index is 0.167. The number of aromatic amines is 1. The molecule has 13 heavy (non-hydrogen) atoms. The van der Waals surface area contributed by atoms with Crippen molar-refractivity contribution in [1.29, 1.82) is 0 Å². The number of nitrogens with one attached hydrogen (secondary N) is 1. The van der Waals surface area contributed by atoms with E-state index in [-0.39, 0.29) is 5.69 Å². The summed E-state index contributed by atoms with van der Waals surface area (Å²) in [6.45, 7) is 0. The number of hydrogen-bond donors (Lipinski definition) is 3. The Balaban J connectivity index is 2.97. The molecule has 0 saturated carbocycles. The van der Waals surface area contributed by atoms with Gasteiger partial charge in [-0.2, -0.15) is 0 Å². The SMILES string of the molecule is Cn1c(=O)[nH]c2cc(N)c(N)cc21. The van der Waals surface area contributed by atoms with Crippen molar-refractivity contribution in [1.82, 2.24) is 9.55 Å². The fourth-order valence-electron chi connectivity index (χ4n) is 1.31. The molecular formula is C8H10N4O. The van der Waals surface area contributed by atoms with Crippen LogP contribution < -0.4 is 17.2 Å². The number of anilines is 2. The number of imidazole rings is 1. The summed E-state index contributed by atoms with van der Waals surface area (Å²) in [5, 5.41) is 0. The molecule has 0 bridgehead atoms. The summed E-state index contributed by atoms with van der Waals surface area (Å²) in [6, 6.07) is 3.34. The lowest BCUT2D eigenvalue weighted by Crippen LogP contribution is -2.11. The van der Waals surface area contributed by atoms with Crippen LogP contribution in [0, 0.1) is 0 Å². The van der Waals surface area contributed by atoms with E-state index in [4.69, 9.17) is 11.5 Å². The number of rotatable bonds is 0. The van der Waals surface area contributed by atoms with Gasteiger partial charge in [0, 0.05) is 7.05 Å². The van der Waals surface area contributed by atoms with Gasteiger partial charge >= 0.3 is 5.69 Å². The van der Waals surface area contributed by atoms with E-state index in [1.165, 1.54) is 4.57 Å². The molecule has 0 spiro atoms. The quantitative estimate of drug-likeness (QED) is 0.497. The second-order valence-electron chi connectivity index (χ2n) is 2.99. The lowest BCUT2D eigenvalue weighted by atomic mass is 10.2. The molecule has 2 aromatic rings. The summed E-state index contributed by atoms with van der Waals surface area (Å²) in [7, 11) is 1.68. The fraction of sp³-hybridized carbons (Fsp3) is 0.125. The maximum atomic E-state index is 11.2. The zero-order valence-corrected chi connectivity index (χ0v) is 7.16. The van der Waals surface area contributed by atoms with Crippen molar-refractivity contribution in [3.63, 3.8) is 0 Å². The predicted octanol–water partition coefficient (Wildman–Crippen LogP) is 0.0310. The van der Waals surface area contributed by atoms with Crippen molar-refractivity contribution >= 4 is 22.4 Å². The van der Waals surface area contributed by atoms with E-state index in [0.29, 0.717) is 16.9 Å². The second kappa shape index (κ2) is 2.29. The van der Waals surface area contributed by atoms with Gasteiger partial charge < -0.3 is 16.5 Å². The molecule has 5 heteroatoms. The minimum atomic E-state index is -0.167. The molecule has 68 valence electrons. The van der Waals surface area contributed by atoms with Gasteiger partial charge in [-0.15, -0.1) is 0 Å². The molecule has 1 heterocycles. The number of aromatic nitrogens is 2. The number of nitrogens with zero attached hydrogens (tertiary/aromatic N) is 1. The van der Waals surface area contributed by atoms with Gasteiger partial charge in [0.15, 0.2) is 0 Å². The van der Waals surface area contributed by atoms with Crippen molar-refractivity contribution in [2.75, 3.05) is 11.5 Å². The third-order valence-electron chi connectivity index (χ3n) is 2.11. The van der Waals surface area contributed by atoms with Crippen LogP contribution in [-0.2, 0) is 7.05 Å². The highest BCUT2D eigenvalue weighted by atomic mass is 16.1. The number of nitrogen functional groups attached to an aromatic ring is 2. The number of nitrogens with two attached hydrogens (primary N) is 2. The highest BCUT2D eigenvalue weighted by molar-refractivity contribution is 5.85. The highest BCUT2D eigenvalue weighted by Crippen LogP contribution is 2.20. The topological polar surface area (TPSA) is 89.8 Å². The number of aryl methyl sites for hydroxylation is 1. The highest BCUT2D eigenvalue weighted by Gasteiger charge is 2.04. The van der Waals surface area contributed by atoms with Crippen molar-refractivity contribution in [2.24, 2.45) is 7.05 Å². The summed E-state index contributed by atoms with van der Waals surface area (Å²) < 4.78 is 1.49. The maximum Gasteiger partial charge on any atom is 0.326 e. The Morgan fingerprint density at radius 1 is 1.31 bits per heavy atom. The van der Waals surface area contributed by atoms with Crippen LogP contribution in [0.3, 0.4) is 0 Å². The fourth-order valence-corrected chi connectivity index (χ4v) is 1.31. The van der Waals surface area contributed by atoms with E-state index in [2.05, 4.69) is 4.98 Å². The number of benzene rings is 1. The third-order valence-corrected chi connectivity index (χ3v) is 2.11. The molecule has 0 atom stereocenters. The average molecular weight is 178 g/mol. The Morgan fingerprint density at radius 2 is 1.92 bits per heavy atom. The molecule has 0 amide bonds. The van der Waals surface area contributed by atoms with Gasteiger partial charge in [-0.1, -0.05) is 0 Å². The molecule has 1 aromatic carbocycles. The molecule has 5 nitrogen and oxygen atoms in total. The van der Waals surface area contributed by atoms with Crippen LogP contribution in [0.5, 0.6) is 0 Å². The monoisotopic (exact) mass is 178 g/mol. The molecule has 2 rings (SSSR count). The lowest BCUT2D eigenvalue weighted by Gasteiger charge is -1.99. The molecular weight excluding hydrogens is 168 g/mol. The molecule has 1 aromatic heterocycles. The third kappa shape index (κ3) is 0.970. The summed E-state index contributed by atoms with van der Waals surface area (Å²) in [4.78, 5) is 13.9. The normalized spacial score (nSPS) is 10.8. The van der Waals surface area contributed by atoms with Crippen LogP contribution in [0.4, 0.5) is 11.4 Å². The van der Waals surface area contributed by atoms with E-state index in [0.717, 1.165) is 5.52 Å². The first-order chi connectivity index (χ1) is 6.09. The molecule has 0 radical (unpaired) electrons. The van der Waals surface area contributed by atoms with Crippen molar-refractivity contribution in [2.45, 2.75) is 0 Å². The zero-order chi connectivity index (χ0) is 9.59. The van der Waals surface area contributed by atoms with Crippen LogP contribution in [0.15, 0.2) is 16.9 Å². The van der Waals surface area contributed by atoms with E-state index in [1.54, 1.807) is 19.2 Å². The van der Waals surface area contributed by atoms with Gasteiger partial charge in [-0.05, 0) is 12.1 Å². The average Bonchev–Trinajstić information content (AvgIpc) is 2.32. The largest absolute Gasteiger partial charge is 0.397 e. The first-order valence-corrected chi connectivity index (χ1v) is 3.83. The van der Waals surface area contributed by atoms with Gasteiger partial charge in [-0.3, -0.25) is 4.57 Å². The smallest absolute Gasteiger partial charge is 0.326 e. The van der Waals surface area contributed by atoms with Crippen LogP contribution >= 0.6 is 0 Å². The maximum absolute atomic E-state index is 11.2. The van der Waals surface area contributed by atoms with Crippen molar-refractivity contribution < 1.29 is 0 Å². The van der Waals surface area contributed by atoms with Crippen molar-refractivity contribution in [3.05, 3.63) is 22.6 Å². The predicted molar refractivity (Wildman–Crippen MR) is 52.4 cm³/mol. The first-order valence-electron chi connectivity index (χ1n) is 3.83. The molecule has 0 fully saturated rings. The standard InChI is InChI=1S/C8H10N4O/c1-12-7-3-5(10)4(9)2-6(7)11-8(12)13/h2-3H,9-10H2,1H3,(H,11,13). The molecule has 5 N–H and O–H groups in total. The molecule has 0 saturated heterocycles. The van der Waals surface area contributed by atoms with Crippen LogP contribution in [0.2, 0.25) is 0 Å². The number of fused-ring (bicyclic) bond motifs is 1. The van der Waals surface area contributed by atoms with Gasteiger partial charge in [0.2, 0.25) is 0 Å². The molecule has 0 aliphatic rings. The lowest BCUT2D eigenvalue weighted by molar-refractivity contribution is 0.892. The summed E-state index contributed by atoms with van der Waals surface area (Å²) >= 11 is 0. The van der Waals surface area contributed by atoms with E-state index < -0.39 is 0 Å². The Morgan fingerprint density at radius 3 is 2.62 bits per heavy atom. The van der Waals surface area contributed by atoms with Gasteiger partial charge in [0.1, 0.15) is 0 Å². The molecule has 0 aliphatic heterocycles. The van der Waals surface area contributed by atoms with Gasteiger partial charge in [0.25, 0.3) is 0 Å². The second-order valence-corrected chi connectivity index (χ2v) is 2.99. The van der Waals surface area contributed by atoms with Crippen LogP contribution in [-0.4, -0.2) is 9.55 Å². The number of hydrogen-bond acceptors (Lipinski definition) is 3. The summed E-state index contributed by atoms with van der Waals surface area (Å²) in [6.07, 6.45) is 0. The summed E-state index contributed by atoms with van der Waals surface area (Å²) in [5.41, 5.74) is 13.5. The Labute approximate surface area is 74.0 Å².